The van der Waals surface area contributed by atoms with Gasteiger partial charge in [0.15, 0.2) is 0 Å². The third-order valence-electron chi connectivity index (χ3n) is 3.22. The van der Waals surface area contributed by atoms with Gasteiger partial charge in [-0.25, -0.2) is 0 Å². The predicted molar refractivity (Wildman–Crippen MR) is 100 cm³/mol. The molecule has 0 aliphatic heterocycles. The van der Waals surface area contributed by atoms with Gasteiger partial charge in [-0.15, -0.1) is 0 Å². The number of hydrogen-bond donors (Lipinski definition) is 2. The fourth-order valence-corrected chi connectivity index (χ4v) is 2.05. The summed E-state index contributed by atoms with van der Waals surface area (Å²) in [5.74, 6) is 0.791. The van der Waals surface area contributed by atoms with E-state index in [4.69, 9.17) is 14.9 Å². The number of benzene rings is 2. The normalized spacial score (nSPS) is 10.7. The summed E-state index contributed by atoms with van der Waals surface area (Å²) in [6, 6.07) is 14.0. The quantitative estimate of drug-likeness (QED) is 0.810. The zero-order chi connectivity index (χ0) is 17.8. The summed E-state index contributed by atoms with van der Waals surface area (Å²) in [6.45, 7) is 6.26. The van der Waals surface area contributed by atoms with Gasteiger partial charge in [-0.05, 0) is 55.7 Å². The molecule has 128 valence electrons. The molecule has 0 aliphatic rings. The largest absolute Gasteiger partial charge is 0.465 e. The van der Waals surface area contributed by atoms with Crippen molar-refractivity contribution < 1.29 is 14.9 Å². The topological polar surface area (TPSA) is 49.7 Å². The molecule has 0 heterocycles. The van der Waals surface area contributed by atoms with Gasteiger partial charge in [-0.3, -0.25) is 0 Å². The molecular weight excluding hydrogens is 300 g/mol. The molecule has 2 N–H and O–H groups in total. The fourth-order valence-electron chi connectivity index (χ4n) is 2.05. The maximum Gasteiger partial charge on any atom is 0.126 e. The van der Waals surface area contributed by atoms with Crippen LogP contribution in [0.25, 0.3) is 6.08 Å². The van der Waals surface area contributed by atoms with Gasteiger partial charge >= 0.3 is 0 Å². The van der Waals surface area contributed by atoms with Crippen molar-refractivity contribution in [2.24, 2.45) is 0 Å². The molecule has 0 aromatic heterocycles. The Balaban J connectivity index is 0.000000240. The van der Waals surface area contributed by atoms with E-state index in [1.807, 2.05) is 37.3 Å². The fraction of sp³-hybridized carbons (Fsp3) is 0.238. The Bertz CT molecular complexity index is 673. The number of aliphatic hydroxyl groups excluding tert-OH is 2. The van der Waals surface area contributed by atoms with Gasteiger partial charge in [-0.2, -0.15) is 0 Å². The zero-order valence-corrected chi connectivity index (χ0v) is 14.6. The predicted octanol–water partition coefficient (Wildman–Crippen LogP) is 4.19. The SMILES string of the molecule is Cc1ccc(C=CCO)c(C)c1.Cc1cccc(OC=CCO)c1. The van der Waals surface area contributed by atoms with E-state index in [0.717, 1.165) is 11.3 Å². The van der Waals surface area contributed by atoms with E-state index in [1.54, 1.807) is 12.2 Å². The summed E-state index contributed by atoms with van der Waals surface area (Å²) in [5.41, 5.74) is 4.85. The lowest BCUT2D eigenvalue weighted by molar-refractivity contribution is 0.337. The van der Waals surface area contributed by atoms with E-state index < -0.39 is 0 Å². The summed E-state index contributed by atoms with van der Waals surface area (Å²) >= 11 is 0. The van der Waals surface area contributed by atoms with Gasteiger partial charge in [0, 0.05) is 0 Å². The monoisotopic (exact) mass is 326 g/mol. The van der Waals surface area contributed by atoms with Crippen LogP contribution in [0, 0.1) is 20.8 Å². The molecule has 0 unspecified atom stereocenters. The number of hydrogen-bond acceptors (Lipinski definition) is 3. The van der Waals surface area contributed by atoms with E-state index >= 15 is 0 Å². The summed E-state index contributed by atoms with van der Waals surface area (Å²) < 4.78 is 5.19. The van der Waals surface area contributed by atoms with Crippen LogP contribution in [0.15, 0.2) is 60.9 Å². The molecule has 24 heavy (non-hydrogen) atoms. The van der Waals surface area contributed by atoms with E-state index in [1.165, 1.54) is 23.0 Å². The van der Waals surface area contributed by atoms with Crippen LogP contribution in [0.2, 0.25) is 0 Å². The van der Waals surface area contributed by atoms with Crippen molar-refractivity contribution in [2.45, 2.75) is 20.8 Å². The third kappa shape index (κ3) is 7.77. The Labute approximate surface area is 144 Å². The smallest absolute Gasteiger partial charge is 0.126 e. The molecule has 0 atom stereocenters. The Morgan fingerprint density at radius 3 is 2.21 bits per heavy atom. The number of ether oxygens (including phenoxy) is 1. The van der Waals surface area contributed by atoms with E-state index in [0.29, 0.717) is 0 Å². The molecule has 0 radical (unpaired) electrons. The molecule has 0 spiro atoms. The van der Waals surface area contributed by atoms with Crippen molar-refractivity contribution in [3.63, 3.8) is 0 Å². The molecule has 0 fully saturated rings. The van der Waals surface area contributed by atoms with Crippen LogP contribution in [0.4, 0.5) is 0 Å². The molecule has 2 aromatic rings. The number of aryl methyl sites for hydroxylation is 3. The van der Waals surface area contributed by atoms with Gasteiger partial charge in [0.2, 0.25) is 0 Å². The summed E-state index contributed by atoms with van der Waals surface area (Å²) in [6.07, 6.45) is 6.71. The molecule has 2 rings (SSSR count). The summed E-state index contributed by atoms with van der Waals surface area (Å²) in [5, 5.41) is 17.0. The Morgan fingerprint density at radius 2 is 1.58 bits per heavy atom. The first-order chi connectivity index (χ1) is 11.6. The molecule has 3 heteroatoms. The second-order valence-electron chi connectivity index (χ2n) is 5.43. The van der Waals surface area contributed by atoms with Crippen LogP contribution in [0.1, 0.15) is 22.3 Å². The highest BCUT2D eigenvalue weighted by Crippen LogP contribution is 2.12. The molecule has 0 aliphatic carbocycles. The van der Waals surface area contributed by atoms with Crippen molar-refractivity contribution in [1.29, 1.82) is 0 Å². The lowest BCUT2D eigenvalue weighted by Crippen LogP contribution is -1.83. The van der Waals surface area contributed by atoms with Crippen LogP contribution in [-0.4, -0.2) is 23.4 Å². The molecular formula is C21H26O3. The van der Waals surface area contributed by atoms with E-state index in [9.17, 15) is 0 Å². The van der Waals surface area contributed by atoms with Gasteiger partial charge < -0.3 is 14.9 Å². The van der Waals surface area contributed by atoms with Gasteiger partial charge in [-0.1, -0.05) is 48.0 Å². The summed E-state index contributed by atoms with van der Waals surface area (Å²) in [7, 11) is 0. The van der Waals surface area contributed by atoms with Gasteiger partial charge in [0.25, 0.3) is 0 Å². The minimum absolute atomic E-state index is 0.00577. The standard InChI is InChI=1S/C11H14O.C10H12O2/c1-9-5-6-11(4-3-7-12)10(2)8-9;1-9-4-2-5-10(8-9)12-7-3-6-11/h3-6,8,12H,7H2,1-2H3;2-5,7-8,11H,6H2,1H3. The first-order valence-electron chi connectivity index (χ1n) is 7.90. The summed E-state index contributed by atoms with van der Waals surface area (Å²) in [4.78, 5) is 0. The highest BCUT2D eigenvalue weighted by Gasteiger charge is 1.92. The average Bonchev–Trinajstić information content (AvgIpc) is 2.55. The molecule has 0 bridgehead atoms. The van der Waals surface area contributed by atoms with Crippen LogP contribution in [-0.2, 0) is 0 Å². The Hall–Kier alpha value is -2.36. The first-order valence-corrected chi connectivity index (χ1v) is 7.90. The number of rotatable bonds is 5. The van der Waals surface area contributed by atoms with Crippen molar-refractivity contribution in [3.05, 3.63) is 83.1 Å². The van der Waals surface area contributed by atoms with Gasteiger partial charge in [0.1, 0.15) is 5.75 Å². The Kier molecular flexibility index (Phi) is 9.20. The lowest BCUT2D eigenvalue weighted by atomic mass is 10.1. The van der Waals surface area contributed by atoms with Crippen molar-refractivity contribution in [1.82, 2.24) is 0 Å². The molecule has 0 saturated carbocycles. The highest BCUT2D eigenvalue weighted by molar-refractivity contribution is 5.54. The minimum Gasteiger partial charge on any atom is -0.465 e. The van der Waals surface area contributed by atoms with Crippen molar-refractivity contribution in [2.75, 3.05) is 13.2 Å². The van der Waals surface area contributed by atoms with Crippen LogP contribution in [0.3, 0.4) is 0 Å². The Morgan fingerprint density at radius 1 is 0.875 bits per heavy atom. The zero-order valence-electron chi connectivity index (χ0n) is 14.6. The van der Waals surface area contributed by atoms with Crippen LogP contribution >= 0.6 is 0 Å². The van der Waals surface area contributed by atoms with Crippen molar-refractivity contribution in [3.8, 4) is 5.75 Å². The lowest BCUT2D eigenvalue weighted by Gasteiger charge is -2.00. The van der Waals surface area contributed by atoms with E-state index in [2.05, 4.69) is 32.0 Å². The average molecular weight is 326 g/mol. The molecule has 3 nitrogen and oxygen atoms in total. The van der Waals surface area contributed by atoms with Crippen molar-refractivity contribution >= 4 is 6.08 Å². The van der Waals surface area contributed by atoms with Crippen LogP contribution < -0.4 is 4.74 Å². The second kappa shape index (κ2) is 11.2. The molecule has 0 saturated heterocycles. The maximum atomic E-state index is 8.59. The maximum absolute atomic E-state index is 8.59. The minimum atomic E-state index is 0.00577. The highest BCUT2D eigenvalue weighted by atomic mass is 16.5. The van der Waals surface area contributed by atoms with Crippen LogP contribution in [0.5, 0.6) is 5.75 Å². The second-order valence-corrected chi connectivity index (χ2v) is 5.43. The molecule has 0 amide bonds. The number of aliphatic hydroxyl groups is 2. The third-order valence-corrected chi connectivity index (χ3v) is 3.22. The molecule has 2 aromatic carbocycles. The first kappa shape index (κ1) is 19.7. The van der Waals surface area contributed by atoms with Gasteiger partial charge in [0.05, 0.1) is 19.5 Å². The van der Waals surface area contributed by atoms with E-state index in [-0.39, 0.29) is 13.2 Å².